The lowest BCUT2D eigenvalue weighted by Gasteiger charge is -2.40. The summed E-state index contributed by atoms with van der Waals surface area (Å²) in [6.07, 6.45) is 1.88. The van der Waals surface area contributed by atoms with E-state index in [0.717, 1.165) is 17.7 Å². The van der Waals surface area contributed by atoms with Crippen molar-refractivity contribution in [3.05, 3.63) is 66.0 Å². The van der Waals surface area contributed by atoms with Crippen LogP contribution in [0.5, 0.6) is 0 Å². The van der Waals surface area contributed by atoms with E-state index in [0.29, 0.717) is 23.5 Å². The van der Waals surface area contributed by atoms with Crippen LogP contribution in [0.1, 0.15) is 12.5 Å². The lowest BCUT2D eigenvalue weighted by molar-refractivity contribution is -0.118. The summed E-state index contributed by atoms with van der Waals surface area (Å²) in [5, 5.41) is 23.0. The van der Waals surface area contributed by atoms with Crippen LogP contribution in [0.3, 0.4) is 0 Å². The van der Waals surface area contributed by atoms with Crippen LogP contribution in [0.25, 0.3) is 11.1 Å². The Morgan fingerprint density at radius 2 is 1.91 bits per heavy atom. The second-order valence-corrected chi connectivity index (χ2v) is 7.84. The number of aliphatic hydroxyl groups is 1. The first-order chi connectivity index (χ1) is 15.8. The van der Waals surface area contributed by atoms with E-state index in [1.165, 1.54) is 15.9 Å². The van der Waals surface area contributed by atoms with E-state index in [1.54, 1.807) is 42.2 Å². The summed E-state index contributed by atoms with van der Waals surface area (Å²) in [5.74, 6) is -1.97. The highest BCUT2D eigenvalue weighted by Gasteiger charge is 2.35. The Bertz CT molecular complexity index is 1210. The van der Waals surface area contributed by atoms with Crippen molar-refractivity contribution < 1.29 is 28.6 Å². The number of carboxylic acid groups (broad SMARTS) is 1. The van der Waals surface area contributed by atoms with Gasteiger partial charge in [-0.2, -0.15) is 5.10 Å². The lowest BCUT2D eigenvalue weighted by Crippen LogP contribution is -2.52. The van der Waals surface area contributed by atoms with Crippen molar-refractivity contribution in [1.29, 1.82) is 0 Å². The smallest absolute Gasteiger partial charge is 0.411 e. The van der Waals surface area contributed by atoms with Crippen molar-refractivity contribution in [2.24, 2.45) is 0 Å². The fourth-order valence-corrected chi connectivity index (χ4v) is 4.02. The largest absolute Gasteiger partial charge is 0.465 e. The standard InChI is InChI=1S/C23H22F2N4O4/c1-14-12-28(23(32)33)21-8-15(17-11-26-27(13-17)6-7-30)3-5-20(21)29(14)22(31)9-16-2-4-18(24)10-19(16)25/h2-5,8,10-11,13-14,30H,6-7,9,12H2,1H3,(H,32,33)/t14-/m0/s1. The minimum absolute atomic E-state index is 0.0349. The van der Waals surface area contributed by atoms with Gasteiger partial charge in [0.05, 0.1) is 43.2 Å². The van der Waals surface area contributed by atoms with Gasteiger partial charge < -0.3 is 15.1 Å². The van der Waals surface area contributed by atoms with Crippen LogP contribution in [0.15, 0.2) is 48.8 Å². The van der Waals surface area contributed by atoms with Gasteiger partial charge in [0.15, 0.2) is 0 Å². The molecule has 1 aliphatic rings. The third-order valence-corrected chi connectivity index (χ3v) is 5.57. The highest BCUT2D eigenvalue weighted by atomic mass is 19.1. The summed E-state index contributed by atoms with van der Waals surface area (Å²) >= 11 is 0. The van der Waals surface area contributed by atoms with Gasteiger partial charge >= 0.3 is 6.09 Å². The Morgan fingerprint density at radius 3 is 2.61 bits per heavy atom. The van der Waals surface area contributed by atoms with Gasteiger partial charge in [-0.3, -0.25) is 14.4 Å². The number of anilines is 2. The van der Waals surface area contributed by atoms with E-state index in [2.05, 4.69) is 5.10 Å². The maximum absolute atomic E-state index is 14.1. The number of carbonyl (C=O) groups excluding carboxylic acids is 1. The normalized spacial score (nSPS) is 15.5. The molecule has 0 radical (unpaired) electrons. The molecule has 172 valence electrons. The Kier molecular flexibility index (Phi) is 6.10. The molecule has 2 heterocycles. The summed E-state index contributed by atoms with van der Waals surface area (Å²) in [6.45, 7) is 2.01. The average molecular weight is 456 g/mol. The molecule has 0 unspecified atom stereocenters. The number of aliphatic hydroxyl groups excluding tert-OH is 1. The molecule has 1 atom stereocenters. The van der Waals surface area contributed by atoms with E-state index in [4.69, 9.17) is 5.11 Å². The molecule has 33 heavy (non-hydrogen) atoms. The molecule has 10 heteroatoms. The first-order valence-electron chi connectivity index (χ1n) is 10.3. The van der Waals surface area contributed by atoms with Crippen molar-refractivity contribution in [2.75, 3.05) is 23.0 Å². The molecule has 8 nitrogen and oxygen atoms in total. The van der Waals surface area contributed by atoms with E-state index >= 15 is 0 Å². The monoisotopic (exact) mass is 456 g/mol. The third-order valence-electron chi connectivity index (χ3n) is 5.57. The summed E-state index contributed by atoms with van der Waals surface area (Å²) < 4.78 is 28.9. The van der Waals surface area contributed by atoms with Gasteiger partial charge in [0.25, 0.3) is 0 Å². The number of amides is 2. The number of hydrogen-bond donors (Lipinski definition) is 2. The van der Waals surface area contributed by atoms with Crippen molar-refractivity contribution in [3.8, 4) is 11.1 Å². The SMILES string of the molecule is C[C@H]1CN(C(=O)O)c2cc(-c3cnn(CCO)c3)ccc2N1C(=O)Cc1ccc(F)cc1F. The van der Waals surface area contributed by atoms with Gasteiger partial charge in [-0.05, 0) is 36.2 Å². The van der Waals surface area contributed by atoms with E-state index in [9.17, 15) is 23.5 Å². The van der Waals surface area contributed by atoms with Crippen LogP contribution < -0.4 is 9.80 Å². The molecule has 0 bridgehead atoms. The molecular weight excluding hydrogens is 434 g/mol. The average Bonchev–Trinajstić information content (AvgIpc) is 3.23. The van der Waals surface area contributed by atoms with Gasteiger partial charge in [0.2, 0.25) is 5.91 Å². The van der Waals surface area contributed by atoms with Crippen LogP contribution in [-0.2, 0) is 17.8 Å². The molecule has 1 aromatic heterocycles. The van der Waals surface area contributed by atoms with Crippen LogP contribution >= 0.6 is 0 Å². The summed E-state index contributed by atoms with van der Waals surface area (Å²) in [6, 6.07) is 7.61. The molecule has 3 aromatic rings. The number of benzene rings is 2. The number of hydrogen-bond acceptors (Lipinski definition) is 4. The quantitative estimate of drug-likeness (QED) is 0.614. The predicted octanol–water partition coefficient (Wildman–Crippen LogP) is 3.28. The van der Waals surface area contributed by atoms with Gasteiger partial charge in [-0.1, -0.05) is 12.1 Å². The zero-order valence-electron chi connectivity index (χ0n) is 17.8. The number of nitrogens with zero attached hydrogens (tertiary/aromatic N) is 4. The molecule has 4 rings (SSSR count). The lowest BCUT2D eigenvalue weighted by atomic mass is 10.0. The molecule has 0 saturated heterocycles. The first kappa shape index (κ1) is 22.4. The molecule has 0 fully saturated rings. The molecule has 2 N–H and O–H groups in total. The number of carbonyl (C=O) groups is 2. The van der Waals surface area contributed by atoms with Crippen molar-refractivity contribution in [3.63, 3.8) is 0 Å². The molecule has 0 saturated carbocycles. The Morgan fingerprint density at radius 1 is 1.12 bits per heavy atom. The van der Waals surface area contributed by atoms with Gasteiger partial charge in [0.1, 0.15) is 11.6 Å². The molecular formula is C23H22F2N4O4. The number of rotatable bonds is 5. The highest BCUT2D eigenvalue weighted by Crippen LogP contribution is 2.39. The minimum atomic E-state index is -1.16. The number of fused-ring (bicyclic) bond motifs is 1. The maximum atomic E-state index is 14.1. The second kappa shape index (κ2) is 8.99. The first-order valence-corrected chi connectivity index (χ1v) is 10.3. The van der Waals surface area contributed by atoms with Crippen molar-refractivity contribution in [1.82, 2.24) is 9.78 Å². The fraction of sp³-hybridized carbons (Fsp3) is 0.261. The fourth-order valence-electron chi connectivity index (χ4n) is 4.02. The molecule has 2 aromatic carbocycles. The summed E-state index contributed by atoms with van der Waals surface area (Å²) in [5.41, 5.74) is 2.18. The second-order valence-electron chi connectivity index (χ2n) is 7.84. The van der Waals surface area contributed by atoms with E-state index in [1.807, 2.05) is 0 Å². The Balaban J connectivity index is 1.71. The van der Waals surface area contributed by atoms with Crippen LogP contribution in [0.2, 0.25) is 0 Å². The highest BCUT2D eigenvalue weighted by molar-refractivity contribution is 6.04. The zero-order valence-corrected chi connectivity index (χ0v) is 17.8. The minimum Gasteiger partial charge on any atom is -0.465 e. The van der Waals surface area contributed by atoms with Crippen LogP contribution in [0.4, 0.5) is 25.0 Å². The Labute approximate surface area is 188 Å². The summed E-state index contributed by atoms with van der Waals surface area (Å²) in [4.78, 5) is 27.7. The molecule has 0 spiro atoms. The van der Waals surface area contributed by atoms with Crippen LogP contribution in [-0.4, -0.2) is 51.2 Å². The number of aromatic nitrogens is 2. The Hall–Kier alpha value is -3.79. The summed E-state index contributed by atoms with van der Waals surface area (Å²) in [7, 11) is 0. The van der Waals surface area contributed by atoms with Gasteiger partial charge in [-0.25, -0.2) is 13.6 Å². The molecule has 1 aliphatic heterocycles. The maximum Gasteiger partial charge on any atom is 0.411 e. The topological polar surface area (TPSA) is 98.9 Å². The molecule has 0 aliphatic carbocycles. The van der Waals surface area contributed by atoms with Crippen molar-refractivity contribution >= 4 is 23.4 Å². The van der Waals surface area contributed by atoms with Crippen LogP contribution in [0, 0.1) is 11.6 Å². The third kappa shape index (κ3) is 4.42. The van der Waals surface area contributed by atoms with Gasteiger partial charge in [-0.15, -0.1) is 0 Å². The van der Waals surface area contributed by atoms with Gasteiger partial charge in [0, 0.05) is 24.4 Å². The van der Waals surface area contributed by atoms with Crippen molar-refractivity contribution in [2.45, 2.75) is 25.9 Å². The molecule has 2 amide bonds. The number of halogens is 2. The zero-order chi connectivity index (χ0) is 23.7. The predicted molar refractivity (Wildman–Crippen MR) is 117 cm³/mol. The van der Waals surface area contributed by atoms with E-state index < -0.39 is 29.7 Å². The van der Waals surface area contributed by atoms with E-state index in [-0.39, 0.29) is 25.1 Å².